The lowest BCUT2D eigenvalue weighted by molar-refractivity contribution is -0.127. The number of amides is 1. The molecule has 3 aromatic carbocycles. The third-order valence-electron chi connectivity index (χ3n) is 3.79. The van der Waals surface area contributed by atoms with E-state index < -0.39 is 6.10 Å². The Morgan fingerprint density at radius 2 is 1.69 bits per heavy atom. The lowest BCUT2D eigenvalue weighted by Crippen LogP contribution is -2.33. The lowest BCUT2D eigenvalue weighted by Gasteiger charge is -2.14. The molecular weight excluding hydrogens is 371 g/mol. The molecule has 1 amide bonds. The molecule has 0 aliphatic rings. The van der Waals surface area contributed by atoms with Crippen molar-refractivity contribution in [3.63, 3.8) is 0 Å². The second-order valence-electron chi connectivity index (χ2n) is 5.61. The molecule has 6 heteroatoms. The largest absolute Gasteiger partial charge is 0.480 e. The van der Waals surface area contributed by atoms with Gasteiger partial charge < -0.3 is 4.74 Å². The van der Waals surface area contributed by atoms with E-state index in [-0.39, 0.29) is 5.91 Å². The molecule has 1 atom stereocenters. The standard InChI is InChI=1S/C20H16Cl2N2O2/c1-13(26-19-11-4-7-14-6-2-3-8-15(14)19)20(25)24-23-12-16-17(21)9-5-10-18(16)22/h2-13H,1H3,(H,24,25). The van der Waals surface area contributed by atoms with Crippen LogP contribution in [0.2, 0.25) is 10.0 Å². The minimum atomic E-state index is -0.723. The molecule has 132 valence electrons. The molecule has 0 spiro atoms. The van der Waals surface area contributed by atoms with Gasteiger partial charge >= 0.3 is 0 Å². The summed E-state index contributed by atoms with van der Waals surface area (Å²) in [4.78, 5) is 12.2. The second-order valence-corrected chi connectivity index (χ2v) is 6.42. The number of fused-ring (bicyclic) bond motifs is 1. The number of carbonyl (C=O) groups excluding carboxylic acids is 1. The molecule has 0 saturated heterocycles. The molecule has 1 N–H and O–H groups in total. The number of hydrogen-bond donors (Lipinski definition) is 1. The van der Waals surface area contributed by atoms with Gasteiger partial charge in [0.1, 0.15) is 5.75 Å². The van der Waals surface area contributed by atoms with Crippen LogP contribution in [0.1, 0.15) is 12.5 Å². The fraction of sp³-hybridized carbons (Fsp3) is 0.100. The number of nitrogens with zero attached hydrogens (tertiary/aromatic N) is 1. The number of halogens is 2. The Balaban J connectivity index is 1.67. The van der Waals surface area contributed by atoms with E-state index in [2.05, 4.69) is 10.5 Å². The van der Waals surface area contributed by atoms with Crippen LogP contribution in [0.25, 0.3) is 10.8 Å². The van der Waals surface area contributed by atoms with Crippen LogP contribution in [-0.2, 0) is 4.79 Å². The average Bonchev–Trinajstić information content (AvgIpc) is 2.64. The number of hydrogen-bond acceptors (Lipinski definition) is 3. The number of rotatable bonds is 5. The minimum absolute atomic E-state index is 0.377. The highest BCUT2D eigenvalue weighted by atomic mass is 35.5. The first-order valence-electron chi connectivity index (χ1n) is 7.97. The Morgan fingerprint density at radius 1 is 1.04 bits per heavy atom. The summed E-state index contributed by atoms with van der Waals surface area (Å²) in [6, 6.07) is 18.7. The highest BCUT2D eigenvalue weighted by Crippen LogP contribution is 2.26. The molecule has 0 saturated carbocycles. The van der Waals surface area contributed by atoms with Gasteiger partial charge in [-0.15, -0.1) is 0 Å². The van der Waals surface area contributed by atoms with Gasteiger partial charge in [0.15, 0.2) is 6.10 Å². The Kier molecular flexibility index (Phi) is 5.76. The SMILES string of the molecule is CC(Oc1cccc2ccccc12)C(=O)NN=Cc1c(Cl)cccc1Cl. The van der Waals surface area contributed by atoms with E-state index in [0.717, 1.165) is 10.8 Å². The van der Waals surface area contributed by atoms with Crippen molar-refractivity contribution in [2.24, 2.45) is 5.10 Å². The molecule has 26 heavy (non-hydrogen) atoms. The molecule has 3 rings (SSSR count). The first kappa shape index (κ1) is 18.2. The predicted molar refractivity (Wildman–Crippen MR) is 106 cm³/mol. The van der Waals surface area contributed by atoms with Crippen LogP contribution in [0, 0.1) is 0 Å². The summed E-state index contributed by atoms with van der Waals surface area (Å²) in [5.74, 6) is 0.265. The highest BCUT2D eigenvalue weighted by molar-refractivity contribution is 6.38. The number of carbonyl (C=O) groups is 1. The Hall–Kier alpha value is -2.56. The predicted octanol–water partition coefficient (Wildman–Crippen LogP) is 5.06. The van der Waals surface area contributed by atoms with Crippen LogP contribution in [0.3, 0.4) is 0 Å². The molecule has 0 radical (unpaired) electrons. The Morgan fingerprint density at radius 3 is 2.46 bits per heavy atom. The molecule has 3 aromatic rings. The number of hydrazone groups is 1. The van der Waals surface area contributed by atoms with Crippen molar-refractivity contribution in [3.05, 3.63) is 76.3 Å². The molecule has 4 nitrogen and oxygen atoms in total. The van der Waals surface area contributed by atoms with Gasteiger partial charge in [0.25, 0.3) is 5.91 Å². The Labute approximate surface area is 161 Å². The summed E-state index contributed by atoms with van der Waals surface area (Å²) in [6.07, 6.45) is 0.687. The van der Waals surface area contributed by atoms with Gasteiger partial charge in [-0.05, 0) is 30.5 Å². The third kappa shape index (κ3) is 4.15. The molecule has 0 aliphatic carbocycles. The van der Waals surface area contributed by atoms with Crippen molar-refractivity contribution in [1.29, 1.82) is 0 Å². The molecule has 1 unspecified atom stereocenters. The lowest BCUT2D eigenvalue weighted by atomic mass is 10.1. The topological polar surface area (TPSA) is 50.7 Å². The van der Waals surface area contributed by atoms with Crippen LogP contribution in [-0.4, -0.2) is 18.2 Å². The zero-order valence-electron chi connectivity index (χ0n) is 13.9. The van der Waals surface area contributed by atoms with Crippen LogP contribution < -0.4 is 10.2 Å². The first-order valence-corrected chi connectivity index (χ1v) is 8.73. The fourth-order valence-corrected chi connectivity index (χ4v) is 2.92. The maximum absolute atomic E-state index is 12.2. The van der Waals surface area contributed by atoms with E-state index >= 15 is 0 Å². The van der Waals surface area contributed by atoms with Crippen LogP contribution in [0.4, 0.5) is 0 Å². The van der Waals surface area contributed by atoms with Crippen LogP contribution >= 0.6 is 23.2 Å². The number of benzene rings is 3. The van der Waals surface area contributed by atoms with Gasteiger partial charge in [-0.1, -0.05) is 65.7 Å². The summed E-state index contributed by atoms with van der Waals surface area (Å²) in [7, 11) is 0. The quantitative estimate of drug-likeness (QED) is 0.491. The molecule has 0 fully saturated rings. The van der Waals surface area contributed by atoms with Gasteiger partial charge in [0.2, 0.25) is 0 Å². The minimum Gasteiger partial charge on any atom is -0.480 e. The van der Waals surface area contributed by atoms with Gasteiger partial charge in [-0.3, -0.25) is 4.79 Å². The van der Waals surface area contributed by atoms with E-state index in [9.17, 15) is 4.79 Å². The zero-order valence-corrected chi connectivity index (χ0v) is 15.5. The fourth-order valence-electron chi connectivity index (χ4n) is 2.43. The van der Waals surface area contributed by atoms with Crippen LogP contribution in [0.5, 0.6) is 5.75 Å². The van der Waals surface area contributed by atoms with Crippen molar-refractivity contribution in [1.82, 2.24) is 5.43 Å². The van der Waals surface area contributed by atoms with Crippen LogP contribution in [0.15, 0.2) is 65.8 Å². The van der Waals surface area contributed by atoms with Gasteiger partial charge in [0, 0.05) is 10.9 Å². The number of ether oxygens (including phenoxy) is 1. The molecule has 0 aliphatic heterocycles. The number of nitrogens with one attached hydrogen (secondary N) is 1. The van der Waals surface area contributed by atoms with Crippen molar-refractivity contribution < 1.29 is 9.53 Å². The van der Waals surface area contributed by atoms with E-state index in [0.29, 0.717) is 21.4 Å². The third-order valence-corrected chi connectivity index (χ3v) is 4.45. The van der Waals surface area contributed by atoms with E-state index in [1.807, 2.05) is 42.5 Å². The smallest absolute Gasteiger partial charge is 0.280 e. The van der Waals surface area contributed by atoms with Crippen molar-refractivity contribution in [2.75, 3.05) is 0 Å². The summed E-state index contributed by atoms with van der Waals surface area (Å²) in [5, 5.41) is 6.81. The van der Waals surface area contributed by atoms with Gasteiger partial charge in [0.05, 0.1) is 16.3 Å². The van der Waals surface area contributed by atoms with E-state index in [4.69, 9.17) is 27.9 Å². The summed E-state index contributed by atoms with van der Waals surface area (Å²) < 4.78 is 5.80. The molecule has 0 aromatic heterocycles. The summed E-state index contributed by atoms with van der Waals surface area (Å²) in [6.45, 7) is 1.66. The van der Waals surface area contributed by atoms with E-state index in [1.54, 1.807) is 25.1 Å². The highest BCUT2D eigenvalue weighted by Gasteiger charge is 2.15. The average molecular weight is 387 g/mol. The second kappa shape index (κ2) is 8.21. The molecule has 0 bridgehead atoms. The van der Waals surface area contributed by atoms with Gasteiger partial charge in [-0.2, -0.15) is 5.10 Å². The monoisotopic (exact) mass is 386 g/mol. The van der Waals surface area contributed by atoms with Crippen molar-refractivity contribution in [2.45, 2.75) is 13.0 Å². The van der Waals surface area contributed by atoms with Crippen molar-refractivity contribution in [3.8, 4) is 5.75 Å². The van der Waals surface area contributed by atoms with Gasteiger partial charge in [-0.25, -0.2) is 5.43 Å². The summed E-state index contributed by atoms with van der Waals surface area (Å²) in [5.41, 5.74) is 2.98. The normalized spacial score (nSPS) is 12.3. The maximum Gasteiger partial charge on any atom is 0.280 e. The van der Waals surface area contributed by atoms with E-state index in [1.165, 1.54) is 6.21 Å². The first-order chi connectivity index (χ1) is 12.6. The summed E-state index contributed by atoms with van der Waals surface area (Å²) >= 11 is 12.1. The molecular formula is C20H16Cl2N2O2. The van der Waals surface area contributed by atoms with Crippen molar-refractivity contribution >= 4 is 46.1 Å². The molecule has 0 heterocycles. The zero-order chi connectivity index (χ0) is 18.5. The Bertz CT molecular complexity index is 947. The maximum atomic E-state index is 12.2.